The molecular weight excluding hydrogens is 334 g/mol. The Morgan fingerprint density at radius 1 is 1.15 bits per heavy atom. The zero-order chi connectivity index (χ0) is 19.3. The second-order valence-electron chi connectivity index (χ2n) is 7.31. The molecule has 5 N–H and O–H groups in total. The third-order valence-corrected chi connectivity index (χ3v) is 5.59. The van der Waals surface area contributed by atoms with Crippen LogP contribution in [0.4, 0.5) is 11.4 Å². The monoisotopic (exact) mass is 365 g/mol. The highest BCUT2D eigenvalue weighted by Gasteiger charge is 2.45. The van der Waals surface area contributed by atoms with Crippen molar-refractivity contribution in [3.63, 3.8) is 0 Å². The lowest BCUT2D eigenvalue weighted by molar-refractivity contribution is -0.0680. The summed E-state index contributed by atoms with van der Waals surface area (Å²) in [6.07, 6.45) is 5.38. The van der Waals surface area contributed by atoms with E-state index in [0.29, 0.717) is 23.9 Å². The molecule has 2 unspecified atom stereocenters. The average molecular weight is 366 g/mol. The predicted molar refractivity (Wildman–Crippen MR) is 113 cm³/mol. The number of nitrogen functional groups attached to an aromatic ring is 2. The summed E-state index contributed by atoms with van der Waals surface area (Å²) in [7, 11) is 0. The Hall–Kier alpha value is -2.46. The summed E-state index contributed by atoms with van der Waals surface area (Å²) in [5.74, 6) is 0.320. The molecule has 2 aromatic carbocycles. The highest BCUT2D eigenvalue weighted by molar-refractivity contribution is 5.70. The molecule has 4 nitrogen and oxygen atoms in total. The van der Waals surface area contributed by atoms with Crippen LogP contribution in [0, 0.1) is 5.92 Å². The molecule has 27 heavy (non-hydrogen) atoms. The van der Waals surface area contributed by atoms with Gasteiger partial charge in [-0.1, -0.05) is 49.4 Å². The highest BCUT2D eigenvalue weighted by Crippen LogP contribution is 2.50. The first-order chi connectivity index (χ1) is 13.1. The number of nitrogens with one attached hydrogen (secondary N) is 1. The van der Waals surface area contributed by atoms with Gasteiger partial charge in [-0.05, 0) is 55.5 Å². The van der Waals surface area contributed by atoms with Crippen molar-refractivity contribution < 1.29 is 4.74 Å². The second-order valence-corrected chi connectivity index (χ2v) is 7.31. The number of benzene rings is 2. The van der Waals surface area contributed by atoms with Gasteiger partial charge in [0.05, 0.1) is 11.4 Å². The van der Waals surface area contributed by atoms with Crippen molar-refractivity contribution >= 4 is 11.4 Å². The lowest BCUT2D eigenvalue weighted by Crippen LogP contribution is -2.43. The molecule has 3 rings (SSSR count). The fourth-order valence-corrected chi connectivity index (χ4v) is 4.26. The van der Waals surface area contributed by atoms with Gasteiger partial charge in [-0.3, -0.25) is 0 Å². The molecule has 2 aromatic rings. The molecule has 0 heterocycles. The Labute approximate surface area is 162 Å². The van der Waals surface area contributed by atoms with Crippen LogP contribution in [0.2, 0.25) is 0 Å². The topological polar surface area (TPSA) is 73.3 Å². The Morgan fingerprint density at radius 2 is 1.93 bits per heavy atom. The highest BCUT2D eigenvalue weighted by atomic mass is 16.5. The van der Waals surface area contributed by atoms with Crippen LogP contribution in [0.1, 0.15) is 44.2 Å². The van der Waals surface area contributed by atoms with E-state index in [9.17, 15) is 0 Å². The van der Waals surface area contributed by atoms with Crippen LogP contribution in [0.5, 0.6) is 0 Å². The minimum absolute atomic E-state index is 0.320. The molecule has 1 saturated carbocycles. The molecule has 1 aliphatic rings. The van der Waals surface area contributed by atoms with Gasteiger partial charge in [-0.2, -0.15) is 0 Å². The van der Waals surface area contributed by atoms with Gasteiger partial charge in [-0.15, -0.1) is 0 Å². The van der Waals surface area contributed by atoms with E-state index in [1.165, 1.54) is 11.1 Å². The number of anilines is 2. The van der Waals surface area contributed by atoms with Crippen LogP contribution in [0.3, 0.4) is 0 Å². The fourth-order valence-electron chi connectivity index (χ4n) is 4.26. The minimum atomic E-state index is -0.532. The van der Waals surface area contributed by atoms with Gasteiger partial charge in [0, 0.05) is 18.7 Å². The second kappa shape index (κ2) is 8.49. The van der Waals surface area contributed by atoms with Crippen LogP contribution in [0.25, 0.3) is 0 Å². The van der Waals surface area contributed by atoms with Crippen molar-refractivity contribution in [1.82, 2.24) is 5.32 Å². The van der Waals surface area contributed by atoms with E-state index in [-0.39, 0.29) is 0 Å². The van der Waals surface area contributed by atoms with Crippen LogP contribution in [-0.4, -0.2) is 6.61 Å². The maximum Gasteiger partial charge on any atom is 0.120 e. The van der Waals surface area contributed by atoms with Gasteiger partial charge in [0.1, 0.15) is 5.60 Å². The predicted octanol–water partition coefficient (Wildman–Crippen LogP) is 4.58. The molecule has 2 atom stereocenters. The summed E-state index contributed by atoms with van der Waals surface area (Å²) in [4.78, 5) is 0. The molecular formula is C23H31N3O. The molecule has 0 aromatic heterocycles. The van der Waals surface area contributed by atoms with Crippen molar-refractivity contribution in [3.05, 3.63) is 71.4 Å². The van der Waals surface area contributed by atoms with Gasteiger partial charge >= 0.3 is 0 Å². The molecule has 4 heteroatoms. The van der Waals surface area contributed by atoms with Crippen LogP contribution in [-0.2, 0) is 16.9 Å². The van der Waals surface area contributed by atoms with Gasteiger partial charge in [0.15, 0.2) is 0 Å². The first kappa shape index (κ1) is 19.3. The van der Waals surface area contributed by atoms with Gasteiger partial charge in [-0.25, -0.2) is 0 Å². The SMILES string of the molecule is CCOC1(c2cccc(N)c2N)/C(=C/NCc2ccccc2)CCCC1C. The van der Waals surface area contributed by atoms with Gasteiger partial charge < -0.3 is 21.5 Å². The van der Waals surface area contributed by atoms with E-state index in [4.69, 9.17) is 16.2 Å². The van der Waals surface area contributed by atoms with E-state index in [1.807, 2.05) is 25.1 Å². The van der Waals surface area contributed by atoms with E-state index in [2.05, 4.69) is 48.8 Å². The molecule has 0 spiro atoms. The Balaban J connectivity index is 1.98. The van der Waals surface area contributed by atoms with Gasteiger partial charge in [0.25, 0.3) is 0 Å². The summed E-state index contributed by atoms with van der Waals surface area (Å²) in [6, 6.07) is 16.3. The van der Waals surface area contributed by atoms with E-state index in [0.717, 1.165) is 31.4 Å². The zero-order valence-electron chi connectivity index (χ0n) is 16.4. The number of ether oxygens (including phenoxy) is 1. The van der Waals surface area contributed by atoms with E-state index >= 15 is 0 Å². The van der Waals surface area contributed by atoms with Crippen molar-refractivity contribution in [2.45, 2.75) is 45.3 Å². The summed E-state index contributed by atoms with van der Waals surface area (Å²) >= 11 is 0. The maximum absolute atomic E-state index is 6.48. The number of nitrogens with two attached hydrogens (primary N) is 2. The van der Waals surface area contributed by atoms with E-state index in [1.54, 1.807) is 0 Å². The van der Waals surface area contributed by atoms with Gasteiger partial charge in [0.2, 0.25) is 0 Å². The van der Waals surface area contributed by atoms with Crippen LogP contribution >= 0.6 is 0 Å². The van der Waals surface area contributed by atoms with Crippen molar-refractivity contribution in [1.29, 1.82) is 0 Å². The summed E-state index contributed by atoms with van der Waals surface area (Å²) in [5.41, 5.74) is 16.8. The molecule has 0 bridgehead atoms. The molecule has 0 saturated heterocycles. The molecule has 0 amide bonds. The molecule has 144 valence electrons. The number of hydrogen-bond donors (Lipinski definition) is 3. The maximum atomic E-state index is 6.48. The minimum Gasteiger partial charge on any atom is -0.397 e. The summed E-state index contributed by atoms with van der Waals surface area (Å²) < 4.78 is 6.48. The molecule has 1 aliphatic carbocycles. The van der Waals surface area contributed by atoms with Crippen LogP contribution < -0.4 is 16.8 Å². The van der Waals surface area contributed by atoms with Crippen molar-refractivity contribution in [3.8, 4) is 0 Å². The van der Waals surface area contributed by atoms with E-state index < -0.39 is 5.60 Å². The fraction of sp³-hybridized carbons (Fsp3) is 0.391. The molecule has 0 radical (unpaired) electrons. The normalized spacial score (nSPS) is 24.1. The summed E-state index contributed by atoms with van der Waals surface area (Å²) in [5, 5.41) is 3.49. The number of hydrogen-bond acceptors (Lipinski definition) is 4. The number of rotatable bonds is 6. The first-order valence-electron chi connectivity index (χ1n) is 9.84. The van der Waals surface area contributed by atoms with Crippen molar-refractivity contribution in [2.75, 3.05) is 18.1 Å². The Morgan fingerprint density at radius 3 is 2.67 bits per heavy atom. The lowest BCUT2D eigenvalue weighted by Gasteiger charge is -2.45. The van der Waals surface area contributed by atoms with Crippen LogP contribution in [0.15, 0.2) is 60.3 Å². The zero-order valence-corrected chi connectivity index (χ0v) is 16.4. The molecule has 1 fully saturated rings. The lowest BCUT2D eigenvalue weighted by atomic mass is 9.68. The Bertz CT molecular complexity index is 787. The standard InChI is InChI=1S/C23H31N3O/c1-3-27-23(20-13-8-14-21(24)22(20)25)17(2)9-7-12-19(23)16-26-15-18-10-5-4-6-11-18/h4-6,8,10-11,13-14,16-17,26H,3,7,9,12,15,24-25H2,1-2H3/b19-16+. The smallest absolute Gasteiger partial charge is 0.120 e. The largest absolute Gasteiger partial charge is 0.397 e. The third kappa shape index (κ3) is 3.81. The quantitative estimate of drug-likeness (QED) is 0.655. The number of para-hydroxylation sites is 1. The summed E-state index contributed by atoms with van der Waals surface area (Å²) in [6.45, 7) is 5.70. The van der Waals surface area contributed by atoms with Crippen molar-refractivity contribution in [2.24, 2.45) is 5.92 Å². The average Bonchev–Trinajstić information content (AvgIpc) is 2.68. The molecule has 0 aliphatic heterocycles. The first-order valence-corrected chi connectivity index (χ1v) is 9.84. The third-order valence-electron chi connectivity index (χ3n) is 5.59. The Kier molecular flexibility index (Phi) is 6.07.